The lowest BCUT2D eigenvalue weighted by Crippen LogP contribution is -2.47. The first kappa shape index (κ1) is 39.7. The van der Waals surface area contributed by atoms with E-state index in [1.165, 1.54) is 44.9 Å². The second-order valence-corrected chi connectivity index (χ2v) is 14.5. The van der Waals surface area contributed by atoms with Gasteiger partial charge in [-0.05, 0) is 171 Å². The van der Waals surface area contributed by atoms with E-state index in [2.05, 4.69) is 159 Å². The quantitative estimate of drug-likeness (QED) is 0.196. The first-order chi connectivity index (χ1) is 18.4. The molecule has 0 aromatic heterocycles. The summed E-state index contributed by atoms with van der Waals surface area (Å²) in [6, 6.07) is 3.91. The maximum absolute atomic E-state index is 2.49. The van der Waals surface area contributed by atoms with Gasteiger partial charge in [0.15, 0.2) is 0 Å². The molecule has 0 spiro atoms. The summed E-state index contributed by atoms with van der Waals surface area (Å²) in [6.45, 7) is 3.49. The molecule has 8 heteroatoms. The van der Waals surface area contributed by atoms with E-state index in [4.69, 9.17) is 0 Å². The second-order valence-electron chi connectivity index (χ2n) is 14.5. The number of nitrogens with zero attached hydrogens (tertiary/aromatic N) is 8. The van der Waals surface area contributed by atoms with Crippen LogP contribution >= 0.6 is 0 Å². The highest BCUT2D eigenvalue weighted by Gasteiger charge is 2.30. The van der Waals surface area contributed by atoms with Gasteiger partial charge in [0.05, 0.1) is 0 Å². The van der Waals surface area contributed by atoms with Crippen molar-refractivity contribution in [3.8, 4) is 0 Å². The first-order valence-corrected chi connectivity index (χ1v) is 15.7. The van der Waals surface area contributed by atoms with E-state index < -0.39 is 0 Å². The van der Waals surface area contributed by atoms with Crippen molar-refractivity contribution in [2.45, 2.75) is 94.2 Å². The summed E-state index contributed by atoms with van der Waals surface area (Å²) in [6.07, 6.45) is 8.40. The fraction of sp³-hybridized carbons (Fsp3) is 1.00. The van der Waals surface area contributed by atoms with Crippen molar-refractivity contribution in [2.24, 2.45) is 0 Å². The van der Waals surface area contributed by atoms with Gasteiger partial charge in [0, 0.05) is 42.3 Å². The van der Waals surface area contributed by atoms with Gasteiger partial charge in [-0.25, -0.2) is 0 Å². The zero-order valence-corrected chi connectivity index (χ0v) is 30.3. The molecule has 0 aliphatic heterocycles. The Morgan fingerprint density at radius 2 is 0.575 bits per heavy atom. The van der Waals surface area contributed by atoms with E-state index in [9.17, 15) is 0 Å². The summed E-state index contributed by atoms with van der Waals surface area (Å²) in [5.41, 5.74) is 0. The Bertz CT molecular complexity index is 620. The van der Waals surface area contributed by atoms with Crippen molar-refractivity contribution in [3.63, 3.8) is 0 Å². The fourth-order valence-corrected chi connectivity index (χ4v) is 5.76. The zero-order valence-electron chi connectivity index (χ0n) is 30.3. The Hall–Kier alpha value is -0.320. The van der Waals surface area contributed by atoms with Crippen molar-refractivity contribution in [3.05, 3.63) is 0 Å². The molecule has 0 amide bonds. The lowest BCUT2D eigenvalue weighted by molar-refractivity contribution is 0.104. The molecule has 0 N–H and O–H groups in total. The van der Waals surface area contributed by atoms with Gasteiger partial charge in [0.2, 0.25) is 0 Å². The van der Waals surface area contributed by atoms with E-state index >= 15 is 0 Å². The number of hydrogen-bond donors (Lipinski definition) is 0. The minimum absolute atomic E-state index is 0.537. The van der Waals surface area contributed by atoms with Gasteiger partial charge in [-0.2, -0.15) is 0 Å². The topological polar surface area (TPSA) is 25.9 Å². The van der Waals surface area contributed by atoms with E-state index in [0.29, 0.717) is 42.3 Å². The third-order valence-electron chi connectivity index (χ3n) is 9.51. The van der Waals surface area contributed by atoms with Crippen molar-refractivity contribution < 1.29 is 0 Å². The molecule has 7 atom stereocenters. The van der Waals surface area contributed by atoms with Crippen molar-refractivity contribution in [2.75, 3.05) is 119 Å². The van der Waals surface area contributed by atoms with E-state index in [1.807, 2.05) is 0 Å². The lowest BCUT2D eigenvalue weighted by Gasteiger charge is -2.40. The molecule has 0 saturated carbocycles. The average molecular weight is 571 g/mol. The molecule has 40 heavy (non-hydrogen) atoms. The zero-order chi connectivity index (χ0) is 31.3. The third kappa shape index (κ3) is 15.8. The van der Waals surface area contributed by atoms with Gasteiger partial charge in [0.25, 0.3) is 0 Å². The maximum atomic E-state index is 2.49. The Morgan fingerprint density at radius 3 is 0.800 bits per heavy atom. The lowest BCUT2D eigenvalue weighted by atomic mass is 9.88. The number of hydrogen-bond acceptors (Lipinski definition) is 8. The molecule has 0 aromatic rings. The highest BCUT2D eigenvalue weighted by molar-refractivity contribution is 4.88. The molecule has 242 valence electrons. The molecule has 8 nitrogen and oxygen atoms in total. The summed E-state index contributed by atoms with van der Waals surface area (Å²) < 4.78 is 0. The van der Waals surface area contributed by atoms with Crippen LogP contribution < -0.4 is 0 Å². The van der Waals surface area contributed by atoms with Crippen LogP contribution in [0.25, 0.3) is 0 Å². The van der Waals surface area contributed by atoms with Crippen LogP contribution in [0.5, 0.6) is 0 Å². The molecule has 7 unspecified atom stereocenters. The average Bonchev–Trinajstić information content (AvgIpc) is 2.81. The molecule has 0 aromatic carbocycles. The second kappa shape index (κ2) is 19.8. The van der Waals surface area contributed by atoms with E-state index in [0.717, 1.165) is 6.54 Å². The van der Waals surface area contributed by atoms with Crippen molar-refractivity contribution in [1.82, 2.24) is 39.2 Å². The first-order valence-electron chi connectivity index (χ1n) is 15.7. The maximum Gasteiger partial charge on any atom is 0.0119 e. The van der Waals surface area contributed by atoms with Crippen LogP contribution in [0.3, 0.4) is 0 Å². The molecule has 0 bridgehead atoms. The molecular formula is C32H74N8. The normalized spacial score (nSPS) is 18.5. The molecule has 0 fully saturated rings. The van der Waals surface area contributed by atoms with Crippen LogP contribution in [0, 0.1) is 0 Å². The molecule has 0 saturated heterocycles. The SMILES string of the molecule is CC(CC(CC(CC(CC(CC(CC(CCN(C)C)N(C)C)N(C)C)N(C)C)N(C)C)N(C)C)N(C)C)N(C)C. The Balaban J connectivity index is 5.74. The van der Waals surface area contributed by atoms with Gasteiger partial charge in [-0.1, -0.05) is 0 Å². The van der Waals surface area contributed by atoms with Crippen molar-refractivity contribution in [1.29, 1.82) is 0 Å². The predicted octanol–water partition coefficient (Wildman–Crippen LogP) is 2.81. The smallest absolute Gasteiger partial charge is 0.0119 e. The van der Waals surface area contributed by atoms with Gasteiger partial charge < -0.3 is 39.2 Å². The van der Waals surface area contributed by atoms with Gasteiger partial charge in [0.1, 0.15) is 0 Å². The highest BCUT2D eigenvalue weighted by Crippen LogP contribution is 2.25. The summed E-state index contributed by atoms with van der Waals surface area (Å²) in [5, 5.41) is 0. The molecule has 0 aliphatic rings. The molecule has 0 rings (SSSR count). The molecule has 0 radical (unpaired) electrons. The molecule has 0 heterocycles. The predicted molar refractivity (Wildman–Crippen MR) is 179 cm³/mol. The largest absolute Gasteiger partial charge is 0.309 e. The Labute approximate surface area is 252 Å². The van der Waals surface area contributed by atoms with Crippen molar-refractivity contribution >= 4 is 0 Å². The molecular weight excluding hydrogens is 496 g/mol. The van der Waals surface area contributed by atoms with Gasteiger partial charge >= 0.3 is 0 Å². The van der Waals surface area contributed by atoms with Crippen LogP contribution in [0.2, 0.25) is 0 Å². The number of rotatable bonds is 22. The van der Waals surface area contributed by atoms with Crippen LogP contribution in [0.15, 0.2) is 0 Å². The van der Waals surface area contributed by atoms with Gasteiger partial charge in [-0.3, -0.25) is 0 Å². The van der Waals surface area contributed by atoms with Crippen LogP contribution in [-0.2, 0) is 0 Å². The third-order valence-corrected chi connectivity index (χ3v) is 9.51. The molecule has 0 aliphatic carbocycles. The fourth-order valence-electron chi connectivity index (χ4n) is 5.76. The minimum atomic E-state index is 0.537. The highest BCUT2D eigenvalue weighted by atomic mass is 15.2. The standard InChI is InChI=1S/C32H74N8/c1-26(34(4)5)20-28(36(8)9)22-30(38(12)13)24-32(40(16)17)25-31(39(14)15)23-29(37(10)11)21-27(35(6)7)18-19-33(2)3/h26-32H,18-25H2,1-17H3. The monoisotopic (exact) mass is 571 g/mol. The Morgan fingerprint density at radius 1 is 0.325 bits per heavy atom. The van der Waals surface area contributed by atoms with E-state index in [1.54, 1.807) is 0 Å². The summed E-state index contributed by atoms with van der Waals surface area (Å²) in [7, 11) is 36.0. The summed E-state index contributed by atoms with van der Waals surface area (Å²) >= 11 is 0. The summed E-state index contributed by atoms with van der Waals surface area (Å²) in [4.78, 5) is 19.5. The minimum Gasteiger partial charge on any atom is -0.309 e. The van der Waals surface area contributed by atoms with Crippen LogP contribution in [0.4, 0.5) is 0 Å². The van der Waals surface area contributed by atoms with Gasteiger partial charge in [-0.15, -0.1) is 0 Å². The van der Waals surface area contributed by atoms with Crippen LogP contribution in [-0.4, -0.2) is 201 Å². The van der Waals surface area contributed by atoms with Crippen LogP contribution in [0.1, 0.15) is 51.9 Å². The summed E-state index contributed by atoms with van der Waals surface area (Å²) in [5.74, 6) is 0. The Kier molecular flexibility index (Phi) is 19.6. The van der Waals surface area contributed by atoms with E-state index in [-0.39, 0.29) is 0 Å².